The highest BCUT2D eigenvalue weighted by atomic mass is 16.5. The minimum absolute atomic E-state index is 0.162. The number of aromatic nitrogens is 3. The third-order valence-corrected chi connectivity index (χ3v) is 4.02. The number of hydrogen-bond acceptors (Lipinski definition) is 6. The monoisotopic (exact) mass is 325 g/mol. The van der Waals surface area contributed by atoms with E-state index in [-0.39, 0.29) is 6.10 Å². The molecule has 1 atom stereocenters. The van der Waals surface area contributed by atoms with Crippen LogP contribution < -0.4 is 15.2 Å². The normalized spacial score (nSPS) is 15.8. The van der Waals surface area contributed by atoms with Crippen LogP contribution in [0.5, 0.6) is 11.5 Å². The molecule has 3 heterocycles. The van der Waals surface area contributed by atoms with Crippen molar-refractivity contribution < 1.29 is 14.0 Å². The van der Waals surface area contributed by atoms with Gasteiger partial charge in [-0.05, 0) is 30.3 Å². The molecule has 1 aromatic carbocycles. The van der Waals surface area contributed by atoms with Gasteiger partial charge in [-0.2, -0.15) is 0 Å². The first kappa shape index (κ1) is 14.5. The largest absolute Gasteiger partial charge is 0.497 e. The number of ether oxygens (including phenoxy) is 2. The summed E-state index contributed by atoms with van der Waals surface area (Å²) < 4.78 is 17.5. The van der Waals surface area contributed by atoms with Crippen molar-refractivity contribution in [3.05, 3.63) is 58.8 Å². The third-order valence-electron chi connectivity index (χ3n) is 4.02. The van der Waals surface area contributed by atoms with Crippen LogP contribution in [0.4, 0.5) is 0 Å². The Morgan fingerprint density at radius 1 is 1.29 bits per heavy atom. The summed E-state index contributed by atoms with van der Waals surface area (Å²) in [5.74, 6) is 1.58. The Kier molecular flexibility index (Phi) is 3.53. The van der Waals surface area contributed by atoms with Crippen LogP contribution in [0.15, 0.2) is 52.0 Å². The number of benzene rings is 1. The van der Waals surface area contributed by atoms with E-state index < -0.39 is 5.76 Å². The topological polar surface area (TPSA) is 79.4 Å². The lowest BCUT2D eigenvalue weighted by molar-refractivity contribution is 0.205. The Labute approximate surface area is 137 Å². The zero-order chi connectivity index (χ0) is 16.5. The molecule has 0 N–H and O–H groups in total. The van der Waals surface area contributed by atoms with Crippen molar-refractivity contribution in [2.24, 2.45) is 0 Å². The average Bonchev–Trinajstić information content (AvgIpc) is 3.18. The summed E-state index contributed by atoms with van der Waals surface area (Å²) in [6.45, 7) is 0.358. The molecule has 122 valence electrons. The SMILES string of the molecule is COc1ccc2c(c1)CC(Cn1c(-c3ccncc3)noc1=O)O2. The van der Waals surface area contributed by atoms with E-state index in [4.69, 9.17) is 14.0 Å². The van der Waals surface area contributed by atoms with Gasteiger partial charge in [0.05, 0.1) is 13.7 Å². The van der Waals surface area contributed by atoms with E-state index in [1.165, 1.54) is 4.57 Å². The quantitative estimate of drug-likeness (QED) is 0.729. The van der Waals surface area contributed by atoms with E-state index in [0.717, 1.165) is 22.6 Å². The van der Waals surface area contributed by atoms with Gasteiger partial charge in [-0.15, -0.1) is 0 Å². The second-order valence-electron chi connectivity index (χ2n) is 5.54. The summed E-state index contributed by atoms with van der Waals surface area (Å²) in [4.78, 5) is 16.0. The molecule has 7 heteroatoms. The van der Waals surface area contributed by atoms with Crippen LogP contribution in [0.1, 0.15) is 5.56 Å². The van der Waals surface area contributed by atoms with Gasteiger partial charge in [-0.25, -0.2) is 4.79 Å². The summed E-state index contributed by atoms with van der Waals surface area (Å²) in [6, 6.07) is 9.25. The third kappa shape index (κ3) is 2.54. The predicted octanol–water partition coefficient (Wildman–Crippen LogP) is 1.91. The van der Waals surface area contributed by atoms with E-state index in [2.05, 4.69) is 10.1 Å². The maximum Gasteiger partial charge on any atom is 0.442 e. The lowest BCUT2D eigenvalue weighted by atomic mass is 10.1. The molecule has 0 fully saturated rings. The molecule has 0 radical (unpaired) electrons. The zero-order valence-corrected chi connectivity index (χ0v) is 13.0. The van der Waals surface area contributed by atoms with Gasteiger partial charge in [-0.1, -0.05) is 5.16 Å². The number of fused-ring (bicyclic) bond motifs is 1. The van der Waals surface area contributed by atoms with Crippen LogP contribution in [0.2, 0.25) is 0 Å². The van der Waals surface area contributed by atoms with E-state index in [9.17, 15) is 4.79 Å². The van der Waals surface area contributed by atoms with Gasteiger partial charge in [0.25, 0.3) is 0 Å². The van der Waals surface area contributed by atoms with Crippen molar-refractivity contribution in [2.45, 2.75) is 19.1 Å². The second-order valence-corrected chi connectivity index (χ2v) is 5.54. The fourth-order valence-corrected chi connectivity index (χ4v) is 2.87. The molecule has 0 amide bonds. The summed E-state index contributed by atoms with van der Waals surface area (Å²) >= 11 is 0. The van der Waals surface area contributed by atoms with Gasteiger partial charge in [-0.3, -0.25) is 14.1 Å². The number of nitrogens with zero attached hydrogens (tertiary/aromatic N) is 3. The van der Waals surface area contributed by atoms with Gasteiger partial charge < -0.3 is 9.47 Å². The van der Waals surface area contributed by atoms with Crippen LogP contribution in [-0.2, 0) is 13.0 Å². The number of rotatable bonds is 4. The van der Waals surface area contributed by atoms with Crippen molar-refractivity contribution >= 4 is 0 Å². The highest BCUT2D eigenvalue weighted by Crippen LogP contribution is 2.32. The highest BCUT2D eigenvalue weighted by molar-refractivity contribution is 5.53. The van der Waals surface area contributed by atoms with Gasteiger partial charge in [0.1, 0.15) is 17.6 Å². The predicted molar refractivity (Wildman–Crippen MR) is 85.1 cm³/mol. The zero-order valence-electron chi connectivity index (χ0n) is 13.0. The highest BCUT2D eigenvalue weighted by Gasteiger charge is 2.26. The molecule has 1 aliphatic rings. The number of pyridine rings is 1. The molecule has 0 saturated heterocycles. The van der Waals surface area contributed by atoms with Crippen LogP contribution in [0.3, 0.4) is 0 Å². The van der Waals surface area contributed by atoms with Crippen molar-refractivity contribution in [1.82, 2.24) is 14.7 Å². The molecule has 2 aromatic heterocycles. The lowest BCUT2D eigenvalue weighted by Gasteiger charge is -2.11. The lowest BCUT2D eigenvalue weighted by Crippen LogP contribution is -2.27. The first-order chi connectivity index (χ1) is 11.7. The molecule has 0 aliphatic carbocycles. The summed E-state index contributed by atoms with van der Waals surface area (Å²) in [6.07, 6.45) is 3.82. The Morgan fingerprint density at radius 3 is 2.92 bits per heavy atom. The molecular formula is C17H15N3O4. The Bertz CT molecular complexity index is 917. The minimum atomic E-state index is -0.501. The van der Waals surface area contributed by atoms with Crippen molar-refractivity contribution in [1.29, 1.82) is 0 Å². The van der Waals surface area contributed by atoms with Crippen molar-refractivity contribution in [3.63, 3.8) is 0 Å². The maximum absolute atomic E-state index is 12.0. The molecule has 1 unspecified atom stereocenters. The Morgan fingerprint density at radius 2 is 2.12 bits per heavy atom. The second kappa shape index (κ2) is 5.84. The number of hydrogen-bond donors (Lipinski definition) is 0. The van der Waals surface area contributed by atoms with Crippen molar-refractivity contribution in [3.8, 4) is 22.9 Å². The first-order valence-corrected chi connectivity index (χ1v) is 7.55. The molecule has 1 aliphatic heterocycles. The van der Waals surface area contributed by atoms with Gasteiger partial charge in [0.15, 0.2) is 5.82 Å². The van der Waals surface area contributed by atoms with Gasteiger partial charge >= 0.3 is 5.76 Å². The Hall–Kier alpha value is -3.09. The van der Waals surface area contributed by atoms with E-state index in [1.54, 1.807) is 31.6 Å². The maximum atomic E-state index is 12.0. The van der Waals surface area contributed by atoms with E-state index in [0.29, 0.717) is 18.8 Å². The minimum Gasteiger partial charge on any atom is -0.497 e. The standard InChI is InChI=1S/C17H15N3O4/c1-22-13-2-3-15-12(8-13)9-14(23-15)10-20-16(19-24-17(20)21)11-4-6-18-7-5-11/h2-8,14H,9-10H2,1H3. The summed E-state index contributed by atoms with van der Waals surface area (Å²) in [7, 11) is 1.63. The van der Waals surface area contributed by atoms with Crippen molar-refractivity contribution in [2.75, 3.05) is 7.11 Å². The van der Waals surface area contributed by atoms with Gasteiger partial charge in [0.2, 0.25) is 0 Å². The van der Waals surface area contributed by atoms with Crippen LogP contribution in [0, 0.1) is 0 Å². The molecular weight excluding hydrogens is 310 g/mol. The number of methoxy groups -OCH3 is 1. The average molecular weight is 325 g/mol. The molecule has 3 aromatic rings. The van der Waals surface area contributed by atoms with Crippen LogP contribution in [0.25, 0.3) is 11.4 Å². The molecule has 4 rings (SSSR count). The molecule has 0 bridgehead atoms. The summed E-state index contributed by atoms with van der Waals surface area (Å²) in [5, 5.41) is 3.88. The van der Waals surface area contributed by atoms with Gasteiger partial charge in [0, 0.05) is 29.9 Å². The molecule has 0 saturated carbocycles. The van der Waals surface area contributed by atoms with Crippen LogP contribution >= 0.6 is 0 Å². The van der Waals surface area contributed by atoms with Crippen LogP contribution in [-0.4, -0.2) is 27.9 Å². The summed E-state index contributed by atoms with van der Waals surface area (Å²) in [5.41, 5.74) is 1.84. The molecule has 24 heavy (non-hydrogen) atoms. The molecule has 0 spiro atoms. The molecule has 7 nitrogen and oxygen atoms in total. The first-order valence-electron chi connectivity index (χ1n) is 7.55. The fraction of sp³-hybridized carbons (Fsp3) is 0.235. The smallest absolute Gasteiger partial charge is 0.442 e. The van der Waals surface area contributed by atoms with E-state index in [1.807, 2.05) is 18.2 Å². The fourth-order valence-electron chi connectivity index (χ4n) is 2.87. The van der Waals surface area contributed by atoms with E-state index >= 15 is 0 Å². The Balaban J connectivity index is 1.59.